The standard InChI is InChI=1S/C18H14Cl3NO3.C16H14ClNO2/c19-15-8-12(6-7-13(15)14-9-16(23)18(14,20)21)22-17(24)25-10-11-4-2-1-3-5-11;1-2-13-8-9-14(10-15(13)17)18-16(19)20-11-12-6-4-3-5-7-12/h1-8,14H,9-10H2,(H,22,24);2-10H,1,11H2,(H,18,19). The van der Waals surface area contributed by atoms with Crippen LogP contribution in [0.3, 0.4) is 0 Å². The summed E-state index contributed by atoms with van der Waals surface area (Å²) in [5.74, 6) is -0.571. The van der Waals surface area contributed by atoms with Gasteiger partial charge in [0.25, 0.3) is 0 Å². The maximum absolute atomic E-state index is 11.9. The molecule has 0 saturated heterocycles. The van der Waals surface area contributed by atoms with Crippen LogP contribution in [0.25, 0.3) is 6.08 Å². The highest BCUT2D eigenvalue weighted by Gasteiger charge is 2.53. The van der Waals surface area contributed by atoms with Crippen molar-refractivity contribution in [2.24, 2.45) is 0 Å². The van der Waals surface area contributed by atoms with Gasteiger partial charge in [0, 0.05) is 33.8 Å². The Hall–Kier alpha value is -4.01. The summed E-state index contributed by atoms with van der Waals surface area (Å²) < 4.78 is 8.83. The van der Waals surface area contributed by atoms with E-state index in [0.29, 0.717) is 27.0 Å². The summed E-state index contributed by atoms with van der Waals surface area (Å²) in [5, 5.41) is 6.14. The smallest absolute Gasteiger partial charge is 0.411 e. The number of ketones is 1. The number of ether oxygens (including phenoxy) is 2. The van der Waals surface area contributed by atoms with Gasteiger partial charge in [-0.05, 0) is 46.5 Å². The van der Waals surface area contributed by atoms with Crippen LogP contribution >= 0.6 is 46.4 Å². The third-order valence-corrected chi connectivity index (χ3v) is 8.32. The predicted octanol–water partition coefficient (Wildman–Crippen LogP) is 10.1. The zero-order chi connectivity index (χ0) is 32.4. The normalized spacial score (nSPS) is 14.6. The van der Waals surface area contributed by atoms with Crippen LogP contribution < -0.4 is 10.6 Å². The van der Waals surface area contributed by atoms with Gasteiger partial charge in [-0.25, -0.2) is 9.59 Å². The van der Waals surface area contributed by atoms with Crippen LogP contribution in [0.2, 0.25) is 10.0 Å². The summed E-state index contributed by atoms with van der Waals surface area (Å²) in [6.45, 7) is 4.05. The second-order valence-corrected chi connectivity index (χ2v) is 12.1. The molecule has 0 aromatic heterocycles. The van der Waals surface area contributed by atoms with Gasteiger partial charge in [-0.2, -0.15) is 0 Å². The van der Waals surface area contributed by atoms with Gasteiger partial charge in [0.2, 0.25) is 0 Å². The van der Waals surface area contributed by atoms with Crippen LogP contribution in [-0.2, 0) is 27.5 Å². The highest BCUT2D eigenvalue weighted by molar-refractivity contribution is 6.61. The van der Waals surface area contributed by atoms with Crippen molar-refractivity contribution in [3.63, 3.8) is 0 Å². The molecule has 4 aromatic carbocycles. The number of alkyl halides is 2. The summed E-state index contributed by atoms with van der Waals surface area (Å²) in [4.78, 5) is 35.0. The van der Waals surface area contributed by atoms with Gasteiger partial charge in [-0.3, -0.25) is 15.4 Å². The van der Waals surface area contributed by atoms with E-state index in [1.165, 1.54) is 0 Å². The molecule has 232 valence electrons. The van der Waals surface area contributed by atoms with Crippen molar-refractivity contribution in [3.05, 3.63) is 136 Å². The molecule has 11 heteroatoms. The number of carbonyl (C=O) groups is 3. The van der Waals surface area contributed by atoms with Crippen molar-refractivity contribution in [1.82, 2.24) is 0 Å². The topological polar surface area (TPSA) is 93.7 Å². The van der Waals surface area contributed by atoms with E-state index < -0.39 is 16.5 Å². The van der Waals surface area contributed by atoms with E-state index in [2.05, 4.69) is 17.2 Å². The van der Waals surface area contributed by atoms with Gasteiger partial charge in [0.1, 0.15) is 13.2 Å². The molecule has 0 bridgehead atoms. The monoisotopic (exact) mass is 684 g/mol. The number of Topliss-reactive ketones (excluding diaryl/α,β-unsaturated/α-hetero) is 1. The molecular formula is C34H28Cl4N2O5. The van der Waals surface area contributed by atoms with Crippen LogP contribution in [0.5, 0.6) is 0 Å². The molecule has 0 spiro atoms. The average Bonchev–Trinajstić information content (AvgIpc) is 3.03. The van der Waals surface area contributed by atoms with Gasteiger partial charge in [-0.1, -0.05) is 132 Å². The third-order valence-electron chi connectivity index (χ3n) is 6.71. The molecule has 0 radical (unpaired) electrons. The van der Waals surface area contributed by atoms with E-state index in [4.69, 9.17) is 55.9 Å². The first-order chi connectivity index (χ1) is 21.6. The number of hydrogen-bond acceptors (Lipinski definition) is 5. The number of halogens is 4. The van der Waals surface area contributed by atoms with Crippen LogP contribution in [0, 0.1) is 0 Å². The molecule has 7 nitrogen and oxygen atoms in total. The van der Waals surface area contributed by atoms with E-state index >= 15 is 0 Å². The molecule has 2 amide bonds. The molecule has 1 fully saturated rings. The number of amides is 2. The Balaban J connectivity index is 0.000000210. The molecule has 1 aliphatic rings. The van der Waals surface area contributed by atoms with E-state index in [0.717, 1.165) is 16.7 Å². The highest BCUT2D eigenvalue weighted by atomic mass is 35.5. The lowest BCUT2D eigenvalue weighted by Gasteiger charge is -2.38. The zero-order valence-electron chi connectivity index (χ0n) is 23.8. The van der Waals surface area contributed by atoms with Gasteiger partial charge in [-0.15, -0.1) is 0 Å². The van der Waals surface area contributed by atoms with Crippen molar-refractivity contribution in [1.29, 1.82) is 0 Å². The SMILES string of the molecule is C=Cc1ccc(NC(=O)OCc2ccccc2)cc1Cl.O=C(Nc1ccc(C2CC(=O)C2(Cl)Cl)c(Cl)c1)OCc1ccccc1. The average molecular weight is 686 g/mol. The molecular weight excluding hydrogens is 658 g/mol. The van der Waals surface area contributed by atoms with Crippen LogP contribution in [0.4, 0.5) is 21.0 Å². The van der Waals surface area contributed by atoms with Gasteiger partial charge in [0.15, 0.2) is 10.1 Å². The van der Waals surface area contributed by atoms with Crippen molar-refractivity contribution in [2.75, 3.05) is 10.6 Å². The Morgan fingerprint density at radius 2 is 1.27 bits per heavy atom. The lowest BCUT2D eigenvalue weighted by molar-refractivity contribution is -0.125. The molecule has 2 N–H and O–H groups in total. The molecule has 0 heterocycles. The molecule has 45 heavy (non-hydrogen) atoms. The summed E-state index contributed by atoms with van der Waals surface area (Å²) in [6.07, 6.45) is 0.796. The summed E-state index contributed by atoms with van der Waals surface area (Å²) in [7, 11) is 0. The van der Waals surface area contributed by atoms with Crippen LogP contribution in [-0.4, -0.2) is 22.3 Å². The number of rotatable bonds is 8. The summed E-state index contributed by atoms with van der Waals surface area (Å²) in [6, 6.07) is 29.0. The maximum atomic E-state index is 11.9. The van der Waals surface area contributed by atoms with E-state index in [-0.39, 0.29) is 31.3 Å². The Kier molecular flexibility index (Phi) is 11.9. The molecule has 4 aromatic rings. The van der Waals surface area contributed by atoms with Gasteiger partial charge in [0.05, 0.1) is 0 Å². The minimum absolute atomic E-state index is 0.170. The minimum Gasteiger partial charge on any atom is -0.444 e. The Labute approximate surface area is 281 Å². The zero-order valence-corrected chi connectivity index (χ0v) is 26.8. The van der Waals surface area contributed by atoms with Crippen molar-refractivity contribution in [2.45, 2.75) is 29.9 Å². The van der Waals surface area contributed by atoms with Gasteiger partial charge < -0.3 is 9.47 Å². The number of hydrogen-bond donors (Lipinski definition) is 2. The first kappa shape index (κ1) is 33.9. The van der Waals surface area contributed by atoms with Crippen LogP contribution in [0.1, 0.15) is 34.6 Å². The van der Waals surface area contributed by atoms with Gasteiger partial charge >= 0.3 is 12.2 Å². The fraction of sp³-hybridized carbons (Fsp3) is 0.147. The van der Waals surface area contributed by atoms with Crippen molar-refractivity contribution >= 4 is 81.8 Å². The summed E-state index contributed by atoms with van der Waals surface area (Å²) >= 11 is 24.3. The molecule has 1 saturated carbocycles. The van der Waals surface area contributed by atoms with E-state index in [9.17, 15) is 14.4 Å². The molecule has 1 atom stereocenters. The molecule has 0 aliphatic heterocycles. The van der Waals surface area contributed by atoms with E-state index in [1.54, 1.807) is 42.5 Å². The Bertz CT molecular complexity index is 1670. The largest absolute Gasteiger partial charge is 0.444 e. The Morgan fingerprint density at radius 3 is 1.69 bits per heavy atom. The number of carbonyl (C=O) groups excluding carboxylic acids is 3. The first-order valence-electron chi connectivity index (χ1n) is 13.6. The number of nitrogens with one attached hydrogen (secondary N) is 2. The lowest BCUT2D eigenvalue weighted by Crippen LogP contribution is -2.45. The van der Waals surface area contributed by atoms with E-state index in [1.807, 2.05) is 60.7 Å². The third kappa shape index (κ3) is 9.49. The number of benzene rings is 4. The lowest BCUT2D eigenvalue weighted by atomic mass is 9.77. The van der Waals surface area contributed by atoms with Crippen molar-refractivity contribution < 1.29 is 23.9 Å². The predicted molar refractivity (Wildman–Crippen MR) is 180 cm³/mol. The fourth-order valence-electron chi connectivity index (χ4n) is 4.23. The molecule has 1 aliphatic carbocycles. The Morgan fingerprint density at radius 1 is 0.778 bits per heavy atom. The maximum Gasteiger partial charge on any atom is 0.411 e. The van der Waals surface area contributed by atoms with Crippen LogP contribution in [0.15, 0.2) is 104 Å². The minimum atomic E-state index is -1.44. The first-order valence-corrected chi connectivity index (χ1v) is 15.2. The summed E-state index contributed by atoms with van der Waals surface area (Å²) in [5.41, 5.74) is 4.37. The quantitative estimate of drug-likeness (QED) is 0.180. The number of anilines is 2. The molecule has 1 unspecified atom stereocenters. The van der Waals surface area contributed by atoms with Crippen molar-refractivity contribution in [3.8, 4) is 0 Å². The molecule has 5 rings (SSSR count). The second kappa shape index (κ2) is 15.8. The fourth-order valence-corrected chi connectivity index (χ4v) is 5.34. The highest BCUT2D eigenvalue weighted by Crippen LogP contribution is 2.52. The second-order valence-electron chi connectivity index (χ2n) is 9.85.